The van der Waals surface area contributed by atoms with Gasteiger partial charge in [-0.15, -0.1) is 0 Å². The van der Waals surface area contributed by atoms with Gasteiger partial charge in [0.15, 0.2) is 0 Å². The monoisotopic (exact) mass is 369 g/mol. The van der Waals surface area contributed by atoms with E-state index in [0.717, 1.165) is 23.2 Å². The zero-order valence-electron chi connectivity index (χ0n) is 13.0. The summed E-state index contributed by atoms with van der Waals surface area (Å²) in [4.78, 5) is 0. The predicted molar refractivity (Wildman–Crippen MR) is 86.1 cm³/mol. The molecule has 0 heterocycles. The first-order valence-corrected chi connectivity index (χ1v) is 8.19. The molecule has 0 radical (unpaired) electrons. The van der Waals surface area contributed by atoms with Crippen LogP contribution in [0.4, 0.5) is 0 Å². The van der Waals surface area contributed by atoms with Gasteiger partial charge < -0.3 is 9.47 Å². The standard InChI is InChI=1S/C10H13BrO2.2C2H6.CH2.V/c1-12-6-5-8-3-4-9(13-2)7-10(8)11;2*1-2;;/h3-4,7H,5-6H2,1-2H3;2*1-2H3;1H2;. The topological polar surface area (TPSA) is 18.5 Å². The molecule has 0 spiro atoms. The maximum atomic E-state index is 5.09. The zero-order valence-corrected chi connectivity index (χ0v) is 16.0. The molecule has 0 aliphatic carbocycles. The number of hydrogen-bond donors (Lipinski definition) is 0. The molecule has 1 rings (SSSR count). The molecule has 0 atom stereocenters. The molecular formula is C15H27BrO2V. The van der Waals surface area contributed by atoms with E-state index in [1.165, 1.54) is 5.56 Å². The first-order valence-electron chi connectivity index (χ1n) is 6.41. The molecule has 0 aromatic heterocycles. The van der Waals surface area contributed by atoms with Crippen molar-refractivity contribution in [2.75, 3.05) is 20.8 Å². The fourth-order valence-corrected chi connectivity index (χ4v) is 1.63. The molecule has 0 unspecified atom stereocenters. The summed E-state index contributed by atoms with van der Waals surface area (Å²) < 4.78 is 11.2. The number of methoxy groups -OCH3 is 2. The molecule has 4 heteroatoms. The minimum absolute atomic E-state index is 0.741. The normalized spacial score (nSPS) is 7.68. The minimum atomic E-state index is 0.741. The van der Waals surface area contributed by atoms with Gasteiger partial charge in [0.2, 0.25) is 0 Å². The molecule has 0 saturated carbocycles. The van der Waals surface area contributed by atoms with Crippen molar-refractivity contribution < 1.29 is 26.5 Å². The van der Waals surface area contributed by atoms with Crippen molar-refractivity contribution in [1.29, 1.82) is 0 Å². The Morgan fingerprint density at radius 1 is 1.11 bits per heavy atom. The van der Waals surface area contributed by atoms with Crippen LogP contribution < -0.4 is 4.74 Å². The van der Waals surface area contributed by atoms with Crippen LogP contribution >= 0.6 is 15.9 Å². The van der Waals surface area contributed by atoms with E-state index >= 15 is 0 Å². The summed E-state index contributed by atoms with van der Waals surface area (Å²) in [5.74, 6) is 0.869. The van der Waals surface area contributed by atoms with Crippen molar-refractivity contribution in [1.82, 2.24) is 0 Å². The van der Waals surface area contributed by atoms with Gasteiger partial charge in [0.25, 0.3) is 0 Å². The number of ether oxygens (including phenoxy) is 2. The fraction of sp³-hybridized carbons (Fsp3) is 0.533. The molecule has 0 amide bonds. The van der Waals surface area contributed by atoms with Gasteiger partial charge in [0.05, 0.1) is 13.7 Å². The van der Waals surface area contributed by atoms with E-state index in [2.05, 4.69) is 38.1 Å². The van der Waals surface area contributed by atoms with E-state index < -0.39 is 0 Å². The third-order valence-electron chi connectivity index (χ3n) is 1.84. The first-order chi connectivity index (χ1) is 9.27. The summed E-state index contributed by atoms with van der Waals surface area (Å²) in [5.41, 5.74) is 1.24. The zero-order chi connectivity index (χ0) is 15.7. The van der Waals surface area contributed by atoms with Crippen LogP contribution in [0.25, 0.3) is 0 Å². The van der Waals surface area contributed by atoms with Crippen LogP contribution in [0.5, 0.6) is 5.75 Å². The number of halogens is 1. The van der Waals surface area contributed by atoms with Gasteiger partial charge in [-0.2, -0.15) is 0 Å². The van der Waals surface area contributed by atoms with Crippen LogP contribution in [0.2, 0.25) is 0 Å². The Kier molecular flexibility index (Phi) is 25.5. The van der Waals surface area contributed by atoms with Crippen molar-refractivity contribution in [2.45, 2.75) is 34.1 Å². The number of benzene rings is 1. The summed E-state index contributed by atoms with van der Waals surface area (Å²) in [6.07, 6.45) is 0.918. The third kappa shape index (κ3) is 12.7. The van der Waals surface area contributed by atoms with Crippen LogP contribution in [0, 0.1) is 0 Å². The Morgan fingerprint density at radius 3 is 2.00 bits per heavy atom. The van der Waals surface area contributed by atoms with Gasteiger partial charge >= 0.3 is 22.2 Å². The third-order valence-corrected chi connectivity index (χ3v) is 2.57. The molecule has 0 aliphatic rings. The maximum absolute atomic E-state index is 5.09. The van der Waals surface area contributed by atoms with E-state index in [9.17, 15) is 0 Å². The number of hydrogen-bond acceptors (Lipinski definition) is 2. The van der Waals surface area contributed by atoms with Crippen LogP contribution in [-0.2, 0) is 28.1 Å². The van der Waals surface area contributed by atoms with Crippen molar-refractivity contribution in [3.63, 3.8) is 0 Å². The van der Waals surface area contributed by atoms with Gasteiger partial charge in [-0.3, -0.25) is 0 Å². The van der Waals surface area contributed by atoms with E-state index in [0.29, 0.717) is 0 Å². The van der Waals surface area contributed by atoms with Crippen LogP contribution in [0.1, 0.15) is 33.3 Å². The Balaban J connectivity index is -0.000000375. The van der Waals surface area contributed by atoms with E-state index in [4.69, 9.17) is 9.47 Å². The van der Waals surface area contributed by atoms with Gasteiger partial charge in [0, 0.05) is 11.6 Å². The Bertz CT molecular complexity index is 293. The van der Waals surface area contributed by atoms with E-state index in [-0.39, 0.29) is 0 Å². The first kappa shape index (κ1) is 24.0. The molecule has 0 bridgehead atoms. The van der Waals surface area contributed by atoms with Crippen LogP contribution in [-0.4, -0.2) is 26.1 Å². The van der Waals surface area contributed by atoms with Crippen molar-refractivity contribution >= 4 is 21.2 Å². The average Bonchev–Trinajstić information content (AvgIpc) is 2.52. The summed E-state index contributed by atoms with van der Waals surface area (Å²) in [6, 6.07) is 5.96. The molecule has 111 valence electrons. The van der Waals surface area contributed by atoms with Gasteiger partial charge in [-0.05, 0) is 24.1 Å². The van der Waals surface area contributed by atoms with Crippen molar-refractivity contribution in [2.24, 2.45) is 0 Å². The Labute approximate surface area is 136 Å². The summed E-state index contributed by atoms with van der Waals surface area (Å²) in [7, 11) is 3.37. The second-order valence-corrected chi connectivity index (χ2v) is 3.55. The van der Waals surface area contributed by atoms with Crippen LogP contribution in [0.3, 0.4) is 0 Å². The predicted octanol–water partition coefficient (Wildman–Crippen LogP) is 4.66. The van der Waals surface area contributed by atoms with E-state index in [1.54, 1.807) is 14.2 Å². The molecule has 1 aromatic rings. The molecule has 0 N–H and O–H groups in total. The molecule has 1 aromatic carbocycles. The SMILES string of the molecule is CC.CC.COCCc1ccc(OC)cc1Br.[CH2]=[V]. The Morgan fingerprint density at radius 2 is 1.63 bits per heavy atom. The molecule has 0 saturated heterocycles. The molecule has 0 aliphatic heterocycles. The van der Waals surface area contributed by atoms with Gasteiger partial charge in [0.1, 0.15) is 5.75 Å². The summed E-state index contributed by atoms with van der Waals surface area (Å²) in [6.45, 7) is 8.74. The fourth-order valence-electron chi connectivity index (χ4n) is 1.07. The summed E-state index contributed by atoms with van der Waals surface area (Å²) >= 11 is 5.55. The number of rotatable bonds is 4. The van der Waals surface area contributed by atoms with Crippen molar-refractivity contribution in [3.8, 4) is 5.75 Å². The quantitative estimate of drug-likeness (QED) is 0.767. The van der Waals surface area contributed by atoms with Crippen molar-refractivity contribution in [3.05, 3.63) is 28.2 Å². The molecule has 0 fully saturated rings. The van der Waals surface area contributed by atoms with Crippen LogP contribution in [0.15, 0.2) is 22.7 Å². The summed E-state index contributed by atoms with van der Waals surface area (Å²) in [5, 5.41) is 3.19. The Hall–Kier alpha value is -0.0856. The van der Waals surface area contributed by atoms with Gasteiger partial charge in [-0.25, -0.2) is 0 Å². The van der Waals surface area contributed by atoms with E-state index in [1.807, 2.05) is 45.9 Å². The second kappa shape index (κ2) is 20.2. The molecule has 2 nitrogen and oxygen atoms in total. The van der Waals surface area contributed by atoms with Gasteiger partial charge in [-0.1, -0.05) is 49.7 Å². The second-order valence-electron chi connectivity index (χ2n) is 2.70. The molecular weight excluding hydrogens is 343 g/mol. The average molecular weight is 370 g/mol. The molecule has 19 heavy (non-hydrogen) atoms.